The van der Waals surface area contributed by atoms with Crippen molar-refractivity contribution in [3.8, 4) is 0 Å². The molecule has 1 saturated heterocycles. The number of nitrogens with one attached hydrogen (secondary N) is 1. The maximum Gasteiger partial charge on any atom is 0.0243 e. The summed E-state index contributed by atoms with van der Waals surface area (Å²) in [4.78, 5) is 2.73. The zero-order valence-electron chi connectivity index (χ0n) is 15.1. The van der Waals surface area contributed by atoms with E-state index in [1.165, 1.54) is 51.7 Å². The van der Waals surface area contributed by atoms with Crippen molar-refractivity contribution in [3.05, 3.63) is 0 Å². The fraction of sp³-hybridized carbons (Fsp3) is 1.00. The van der Waals surface area contributed by atoms with Crippen LogP contribution in [-0.2, 0) is 0 Å². The predicted molar refractivity (Wildman–Crippen MR) is 92.6 cm³/mol. The Morgan fingerprint density at radius 3 is 2.29 bits per heavy atom. The fourth-order valence-electron chi connectivity index (χ4n) is 4.57. The van der Waals surface area contributed by atoms with E-state index in [2.05, 4.69) is 44.8 Å². The second kappa shape index (κ2) is 7.97. The molecule has 0 bridgehead atoms. The minimum absolute atomic E-state index is 0.734. The number of nitrogens with zero attached hydrogens (tertiary/aromatic N) is 1. The summed E-state index contributed by atoms with van der Waals surface area (Å²) >= 11 is 0. The number of hydrogen-bond donors (Lipinski definition) is 1. The fourth-order valence-corrected chi connectivity index (χ4v) is 4.57. The Hall–Kier alpha value is -0.0800. The van der Waals surface area contributed by atoms with Crippen molar-refractivity contribution in [2.45, 2.75) is 78.8 Å². The topological polar surface area (TPSA) is 15.3 Å². The Morgan fingerprint density at radius 2 is 1.71 bits per heavy atom. The normalized spacial score (nSPS) is 33.0. The maximum atomic E-state index is 4.00. The summed E-state index contributed by atoms with van der Waals surface area (Å²) in [7, 11) is 0. The van der Waals surface area contributed by atoms with Gasteiger partial charge in [-0.3, -0.25) is 4.90 Å². The molecule has 0 radical (unpaired) electrons. The number of rotatable bonds is 6. The minimum atomic E-state index is 0.734. The molecule has 124 valence electrons. The predicted octanol–water partition coefficient (Wildman–Crippen LogP) is 4.16. The summed E-state index contributed by atoms with van der Waals surface area (Å²) < 4.78 is 0. The second-order valence-corrected chi connectivity index (χ2v) is 8.40. The minimum Gasteiger partial charge on any atom is -0.312 e. The largest absolute Gasteiger partial charge is 0.312 e. The van der Waals surface area contributed by atoms with Gasteiger partial charge in [0.15, 0.2) is 0 Å². The van der Waals surface area contributed by atoms with Gasteiger partial charge in [0, 0.05) is 18.6 Å². The number of likely N-dealkylation sites (tertiary alicyclic amines) is 1. The van der Waals surface area contributed by atoms with E-state index < -0.39 is 0 Å². The Bertz CT molecular complexity index is 294. The van der Waals surface area contributed by atoms with E-state index in [4.69, 9.17) is 0 Å². The Labute approximate surface area is 133 Å². The van der Waals surface area contributed by atoms with Crippen LogP contribution in [-0.4, -0.2) is 36.6 Å². The molecule has 1 N–H and O–H groups in total. The molecule has 2 aliphatic rings. The van der Waals surface area contributed by atoms with Gasteiger partial charge >= 0.3 is 0 Å². The molecule has 0 amide bonds. The summed E-state index contributed by atoms with van der Waals surface area (Å²) in [6, 6.07) is 1.48. The van der Waals surface area contributed by atoms with Gasteiger partial charge in [0.05, 0.1) is 0 Å². The Morgan fingerprint density at radius 1 is 1.05 bits per heavy atom. The van der Waals surface area contributed by atoms with Gasteiger partial charge in [-0.05, 0) is 62.4 Å². The molecular weight excluding hydrogens is 256 g/mol. The summed E-state index contributed by atoms with van der Waals surface area (Å²) in [5.41, 5.74) is 0. The van der Waals surface area contributed by atoms with E-state index in [0.29, 0.717) is 0 Å². The van der Waals surface area contributed by atoms with Crippen molar-refractivity contribution in [1.82, 2.24) is 10.2 Å². The molecule has 21 heavy (non-hydrogen) atoms. The molecule has 0 aromatic carbocycles. The molecule has 4 unspecified atom stereocenters. The lowest BCUT2D eigenvalue weighted by Gasteiger charge is -2.40. The molecule has 0 aromatic heterocycles. The highest BCUT2D eigenvalue weighted by Gasteiger charge is 2.32. The molecule has 1 aliphatic heterocycles. The third-order valence-corrected chi connectivity index (χ3v) is 5.99. The molecule has 1 saturated carbocycles. The van der Waals surface area contributed by atoms with Gasteiger partial charge < -0.3 is 5.32 Å². The highest BCUT2D eigenvalue weighted by Crippen LogP contribution is 2.33. The molecule has 1 heterocycles. The van der Waals surface area contributed by atoms with Crippen molar-refractivity contribution < 1.29 is 0 Å². The van der Waals surface area contributed by atoms with E-state index in [1.807, 2.05) is 0 Å². The molecule has 2 rings (SSSR count). The third kappa shape index (κ3) is 4.69. The highest BCUT2D eigenvalue weighted by molar-refractivity contribution is 4.88. The van der Waals surface area contributed by atoms with E-state index in [-0.39, 0.29) is 0 Å². The molecule has 2 nitrogen and oxygen atoms in total. The van der Waals surface area contributed by atoms with Gasteiger partial charge in [0.25, 0.3) is 0 Å². The Balaban J connectivity index is 1.91. The van der Waals surface area contributed by atoms with E-state index in [9.17, 15) is 0 Å². The van der Waals surface area contributed by atoms with Crippen LogP contribution in [0.5, 0.6) is 0 Å². The van der Waals surface area contributed by atoms with Crippen LogP contribution in [0.3, 0.4) is 0 Å². The van der Waals surface area contributed by atoms with Crippen molar-refractivity contribution in [1.29, 1.82) is 0 Å². The lowest BCUT2D eigenvalue weighted by Crippen LogP contribution is -2.50. The summed E-state index contributed by atoms with van der Waals surface area (Å²) in [6.07, 6.45) is 7.04. The Kier molecular flexibility index (Phi) is 6.55. The van der Waals surface area contributed by atoms with Gasteiger partial charge in [-0.25, -0.2) is 0 Å². The average molecular weight is 295 g/mol. The van der Waals surface area contributed by atoms with Crippen LogP contribution in [0, 0.1) is 23.7 Å². The van der Waals surface area contributed by atoms with E-state index in [0.717, 1.165) is 35.8 Å². The van der Waals surface area contributed by atoms with Crippen molar-refractivity contribution in [3.63, 3.8) is 0 Å². The van der Waals surface area contributed by atoms with Crippen LogP contribution in [0.4, 0.5) is 0 Å². The van der Waals surface area contributed by atoms with Crippen molar-refractivity contribution in [2.24, 2.45) is 23.7 Å². The van der Waals surface area contributed by atoms with Crippen LogP contribution in [0.25, 0.3) is 0 Å². The molecule has 1 aliphatic carbocycles. The molecule has 0 aromatic rings. The highest BCUT2D eigenvalue weighted by atomic mass is 15.2. The standard InChI is InChI=1S/C19H38N2/c1-14(2)17-9-8-16(5)12-18(17)20-13-19(15(3)4)21-10-6-7-11-21/h14-20H,6-13H2,1-5H3. The monoisotopic (exact) mass is 294 g/mol. The first-order valence-electron chi connectivity index (χ1n) is 9.46. The first-order chi connectivity index (χ1) is 9.99. The molecule has 2 heteroatoms. The lowest BCUT2D eigenvalue weighted by molar-refractivity contribution is 0.138. The van der Waals surface area contributed by atoms with E-state index in [1.54, 1.807) is 0 Å². The van der Waals surface area contributed by atoms with E-state index >= 15 is 0 Å². The van der Waals surface area contributed by atoms with Crippen LogP contribution >= 0.6 is 0 Å². The zero-order valence-corrected chi connectivity index (χ0v) is 15.1. The van der Waals surface area contributed by atoms with Gasteiger partial charge in [-0.15, -0.1) is 0 Å². The van der Waals surface area contributed by atoms with Crippen molar-refractivity contribution in [2.75, 3.05) is 19.6 Å². The first-order valence-corrected chi connectivity index (χ1v) is 9.46. The van der Waals surface area contributed by atoms with Crippen LogP contribution < -0.4 is 5.32 Å². The molecule has 0 spiro atoms. The van der Waals surface area contributed by atoms with Gasteiger partial charge in [0.1, 0.15) is 0 Å². The van der Waals surface area contributed by atoms with Crippen LogP contribution in [0.15, 0.2) is 0 Å². The molecule has 4 atom stereocenters. The molecular formula is C19H38N2. The first kappa shape index (κ1) is 17.3. The third-order valence-electron chi connectivity index (χ3n) is 5.99. The second-order valence-electron chi connectivity index (χ2n) is 8.40. The zero-order chi connectivity index (χ0) is 15.4. The van der Waals surface area contributed by atoms with Crippen LogP contribution in [0.2, 0.25) is 0 Å². The van der Waals surface area contributed by atoms with Crippen molar-refractivity contribution >= 4 is 0 Å². The van der Waals surface area contributed by atoms with Gasteiger partial charge in [-0.1, -0.05) is 41.0 Å². The maximum absolute atomic E-state index is 4.00. The van der Waals surface area contributed by atoms with Gasteiger partial charge in [0.2, 0.25) is 0 Å². The summed E-state index contributed by atoms with van der Waals surface area (Å²) in [5.74, 6) is 3.36. The van der Waals surface area contributed by atoms with Gasteiger partial charge in [-0.2, -0.15) is 0 Å². The average Bonchev–Trinajstić information content (AvgIpc) is 2.92. The molecule has 2 fully saturated rings. The SMILES string of the molecule is CC1CCC(C(C)C)C(NCC(C(C)C)N2CCCC2)C1. The number of hydrogen-bond acceptors (Lipinski definition) is 2. The van der Waals surface area contributed by atoms with Crippen LogP contribution in [0.1, 0.15) is 66.7 Å². The smallest absolute Gasteiger partial charge is 0.0243 e. The summed E-state index contributed by atoms with van der Waals surface area (Å²) in [5, 5.41) is 4.00. The lowest BCUT2D eigenvalue weighted by atomic mass is 9.74. The quantitative estimate of drug-likeness (QED) is 0.791. The summed E-state index contributed by atoms with van der Waals surface area (Å²) in [6.45, 7) is 15.9.